The van der Waals surface area contributed by atoms with Crippen LogP contribution in [0.4, 0.5) is 5.69 Å². The zero-order valence-corrected chi connectivity index (χ0v) is 9.37. The number of nitrogen functional groups attached to an aromatic ring is 1. The van der Waals surface area contributed by atoms with Crippen molar-refractivity contribution in [1.82, 2.24) is 4.98 Å². The molecule has 0 bridgehead atoms. The molecule has 0 radical (unpaired) electrons. The molecule has 1 aromatic heterocycles. The van der Waals surface area contributed by atoms with Gasteiger partial charge in [-0.25, -0.2) is 4.98 Å². The average molecular weight is 226 g/mol. The maximum atomic E-state index is 5.80. The summed E-state index contributed by atoms with van der Waals surface area (Å²) in [5.74, 6) is 0. The normalized spacial score (nSPS) is 10.8. The van der Waals surface area contributed by atoms with E-state index in [0.29, 0.717) is 0 Å². The molecule has 0 saturated heterocycles. The first-order valence-electron chi connectivity index (χ1n) is 5.03. The number of fused-ring (bicyclic) bond motifs is 1. The largest absolute Gasteiger partial charge is 0.399 e. The van der Waals surface area contributed by atoms with E-state index in [0.717, 1.165) is 22.3 Å². The number of anilines is 1. The highest BCUT2D eigenvalue weighted by Crippen LogP contribution is 2.30. The Morgan fingerprint density at radius 3 is 2.81 bits per heavy atom. The van der Waals surface area contributed by atoms with Crippen molar-refractivity contribution >= 4 is 27.2 Å². The molecule has 0 aliphatic heterocycles. The molecule has 0 aliphatic carbocycles. The van der Waals surface area contributed by atoms with Crippen molar-refractivity contribution in [3.63, 3.8) is 0 Å². The van der Waals surface area contributed by atoms with Gasteiger partial charge in [-0.3, -0.25) is 0 Å². The molecule has 3 aromatic rings. The molecule has 0 amide bonds. The Hall–Kier alpha value is -1.87. The minimum absolute atomic E-state index is 0.782. The number of hydrogen-bond acceptors (Lipinski definition) is 3. The van der Waals surface area contributed by atoms with Crippen LogP contribution in [0.15, 0.2) is 48.0 Å². The van der Waals surface area contributed by atoms with Crippen LogP contribution in [0.25, 0.3) is 21.3 Å². The summed E-state index contributed by atoms with van der Waals surface area (Å²) in [7, 11) is 0. The number of thiazole rings is 1. The van der Waals surface area contributed by atoms with E-state index < -0.39 is 0 Å². The van der Waals surface area contributed by atoms with Crippen LogP contribution < -0.4 is 5.73 Å². The first kappa shape index (κ1) is 9.36. The SMILES string of the molecule is Nc1cccc(-c2cccc3scnc23)c1. The van der Waals surface area contributed by atoms with E-state index in [1.165, 1.54) is 4.70 Å². The molecule has 0 unspecified atom stereocenters. The van der Waals surface area contributed by atoms with Crippen LogP contribution in [-0.2, 0) is 0 Å². The lowest BCUT2D eigenvalue weighted by Gasteiger charge is -2.03. The van der Waals surface area contributed by atoms with Crippen LogP contribution in [0.1, 0.15) is 0 Å². The summed E-state index contributed by atoms with van der Waals surface area (Å²) in [6, 6.07) is 14.1. The van der Waals surface area contributed by atoms with E-state index in [9.17, 15) is 0 Å². The number of nitrogens with two attached hydrogens (primary N) is 1. The molecule has 2 nitrogen and oxygen atoms in total. The summed E-state index contributed by atoms with van der Waals surface area (Å²) < 4.78 is 1.21. The lowest BCUT2D eigenvalue weighted by atomic mass is 10.0. The predicted octanol–water partition coefficient (Wildman–Crippen LogP) is 3.55. The van der Waals surface area contributed by atoms with Crippen molar-refractivity contribution in [1.29, 1.82) is 0 Å². The van der Waals surface area contributed by atoms with Gasteiger partial charge < -0.3 is 5.73 Å². The molecule has 2 N–H and O–H groups in total. The summed E-state index contributed by atoms with van der Waals surface area (Å²) in [6.45, 7) is 0. The summed E-state index contributed by atoms with van der Waals surface area (Å²) in [5, 5.41) is 0. The quantitative estimate of drug-likeness (QED) is 0.644. The number of para-hydroxylation sites is 1. The van der Waals surface area contributed by atoms with Gasteiger partial charge in [0.05, 0.1) is 15.7 Å². The second-order valence-electron chi connectivity index (χ2n) is 3.63. The Morgan fingerprint density at radius 2 is 1.94 bits per heavy atom. The molecule has 3 rings (SSSR count). The van der Waals surface area contributed by atoms with Gasteiger partial charge in [-0.2, -0.15) is 0 Å². The van der Waals surface area contributed by atoms with Gasteiger partial charge >= 0.3 is 0 Å². The topological polar surface area (TPSA) is 38.9 Å². The van der Waals surface area contributed by atoms with E-state index in [1.807, 2.05) is 23.7 Å². The third-order valence-corrected chi connectivity index (χ3v) is 3.35. The highest BCUT2D eigenvalue weighted by atomic mass is 32.1. The molecule has 2 aromatic carbocycles. The minimum atomic E-state index is 0.782. The fourth-order valence-electron chi connectivity index (χ4n) is 1.83. The van der Waals surface area contributed by atoms with Crippen molar-refractivity contribution in [2.45, 2.75) is 0 Å². The number of hydrogen-bond donors (Lipinski definition) is 1. The first-order chi connectivity index (χ1) is 7.84. The van der Waals surface area contributed by atoms with E-state index in [1.54, 1.807) is 11.3 Å². The van der Waals surface area contributed by atoms with Gasteiger partial charge in [0.1, 0.15) is 0 Å². The van der Waals surface area contributed by atoms with Gasteiger partial charge in [-0.15, -0.1) is 11.3 Å². The van der Waals surface area contributed by atoms with Crippen molar-refractivity contribution < 1.29 is 0 Å². The molecule has 1 heterocycles. The first-order valence-corrected chi connectivity index (χ1v) is 5.91. The van der Waals surface area contributed by atoms with Crippen molar-refractivity contribution in [3.05, 3.63) is 48.0 Å². The highest BCUT2D eigenvalue weighted by molar-refractivity contribution is 7.16. The molecule has 0 fully saturated rings. The fraction of sp³-hybridized carbons (Fsp3) is 0. The lowest BCUT2D eigenvalue weighted by molar-refractivity contribution is 1.49. The Labute approximate surface area is 97.4 Å². The zero-order valence-electron chi connectivity index (χ0n) is 8.55. The standard InChI is InChI=1S/C13H10N2S/c14-10-4-1-3-9(7-10)11-5-2-6-12-13(11)15-8-16-12/h1-8H,14H2. The average Bonchev–Trinajstić information content (AvgIpc) is 2.76. The van der Waals surface area contributed by atoms with Crippen LogP contribution in [0, 0.1) is 0 Å². The second kappa shape index (κ2) is 3.61. The molecular weight excluding hydrogens is 216 g/mol. The molecule has 0 aliphatic rings. The van der Waals surface area contributed by atoms with Crippen molar-refractivity contribution in [2.24, 2.45) is 0 Å². The molecule has 0 saturated carbocycles. The maximum Gasteiger partial charge on any atom is 0.0890 e. The molecule has 3 heteroatoms. The summed E-state index contributed by atoms with van der Waals surface area (Å²) in [4.78, 5) is 4.40. The third-order valence-electron chi connectivity index (χ3n) is 2.56. The zero-order chi connectivity index (χ0) is 11.0. The maximum absolute atomic E-state index is 5.80. The number of rotatable bonds is 1. The molecule has 0 spiro atoms. The third kappa shape index (κ3) is 1.46. The number of aromatic nitrogens is 1. The van der Waals surface area contributed by atoms with Gasteiger partial charge in [-0.1, -0.05) is 24.3 Å². The van der Waals surface area contributed by atoms with E-state index >= 15 is 0 Å². The van der Waals surface area contributed by atoms with E-state index in [2.05, 4.69) is 29.2 Å². The Morgan fingerprint density at radius 1 is 1.06 bits per heavy atom. The Balaban J connectivity index is 2.29. The number of nitrogens with zero attached hydrogens (tertiary/aromatic N) is 1. The van der Waals surface area contributed by atoms with Crippen LogP contribution in [0.5, 0.6) is 0 Å². The van der Waals surface area contributed by atoms with Gasteiger partial charge in [0, 0.05) is 11.3 Å². The molecular formula is C13H10N2S. The Kier molecular flexibility index (Phi) is 2.11. The monoisotopic (exact) mass is 226 g/mol. The van der Waals surface area contributed by atoms with Crippen LogP contribution in [0.2, 0.25) is 0 Å². The fourth-order valence-corrected chi connectivity index (χ4v) is 2.53. The predicted molar refractivity (Wildman–Crippen MR) is 69.5 cm³/mol. The Bertz CT molecular complexity index is 643. The highest BCUT2D eigenvalue weighted by Gasteiger charge is 2.05. The molecule has 78 valence electrons. The summed E-state index contributed by atoms with van der Waals surface area (Å²) in [5.41, 5.74) is 11.8. The van der Waals surface area contributed by atoms with Crippen LogP contribution >= 0.6 is 11.3 Å². The number of benzene rings is 2. The molecule has 16 heavy (non-hydrogen) atoms. The molecule has 0 atom stereocenters. The smallest absolute Gasteiger partial charge is 0.0890 e. The van der Waals surface area contributed by atoms with Gasteiger partial charge in [-0.05, 0) is 23.8 Å². The summed E-state index contributed by atoms with van der Waals surface area (Å²) >= 11 is 1.66. The van der Waals surface area contributed by atoms with Crippen molar-refractivity contribution in [2.75, 3.05) is 5.73 Å². The van der Waals surface area contributed by atoms with Gasteiger partial charge in [0.25, 0.3) is 0 Å². The van der Waals surface area contributed by atoms with E-state index in [4.69, 9.17) is 5.73 Å². The van der Waals surface area contributed by atoms with Crippen molar-refractivity contribution in [3.8, 4) is 11.1 Å². The van der Waals surface area contributed by atoms with Gasteiger partial charge in [0.15, 0.2) is 0 Å². The van der Waals surface area contributed by atoms with E-state index in [-0.39, 0.29) is 0 Å². The summed E-state index contributed by atoms with van der Waals surface area (Å²) in [6.07, 6.45) is 0. The minimum Gasteiger partial charge on any atom is -0.399 e. The van der Waals surface area contributed by atoms with Gasteiger partial charge in [0.2, 0.25) is 0 Å². The van der Waals surface area contributed by atoms with Crippen LogP contribution in [0.3, 0.4) is 0 Å². The lowest BCUT2D eigenvalue weighted by Crippen LogP contribution is -1.85. The second-order valence-corrected chi connectivity index (χ2v) is 4.52. The van der Waals surface area contributed by atoms with Crippen LogP contribution in [-0.4, -0.2) is 4.98 Å².